The van der Waals surface area contributed by atoms with Crippen molar-refractivity contribution < 1.29 is 0 Å². The summed E-state index contributed by atoms with van der Waals surface area (Å²) in [5, 5.41) is 0. The lowest BCUT2D eigenvalue weighted by Crippen LogP contribution is -2.56. The first-order valence-electron chi connectivity index (χ1n) is 7.05. The maximum Gasteiger partial charge on any atom is 0.0569 e. The zero-order valence-corrected chi connectivity index (χ0v) is 12.6. The molecule has 2 N–H and O–H groups in total. The molecule has 106 valence electrons. The Kier molecular flexibility index (Phi) is 4.11. The first-order chi connectivity index (χ1) is 8.94. The molecule has 1 aromatic heterocycles. The number of anilines is 1. The number of pyridine rings is 1. The van der Waals surface area contributed by atoms with E-state index in [9.17, 15) is 0 Å². The van der Waals surface area contributed by atoms with E-state index in [1.165, 1.54) is 19.3 Å². The van der Waals surface area contributed by atoms with Crippen molar-refractivity contribution in [3.63, 3.8) is 0 Å². The summed E-state index contributed by atoms with van der Waals surface area (Å²) in [5.41, 5.74) is 8.28. The summed E-state index contributed by atoms with van der Waals surface area (Å²) in [6.07, 6.45) is 5.85. The average Bonchev–Trinajstić information content (AvgIpc) is 2.33. The third kappa shape index (κ3) is 2.90. The Labute approximate surface area is 116 Å². The first kappa shape index (κ1) is 14.3. The molecule has 0 spiro atoms. The zero-order chi connectivity index (χ0) is 14.0. The van der Waals surface area contributed by atoms with Crippen LogP contribution in [0.15, 0.2) is 18.3 Å². The lowest BCUT2D eigenvalue weighted by Gasteiger charge is -2.49. The second-order valence-electron chi connectivity index (χ2n) is 6.06. The van der Waals surface area contributed by atoms with Crippen molar-refractivity contribution in [2.45, 2.75) is 37.8 Å². The monoisotopic (exact) mass is 262 g/mol. The lowest BCUT2D eigenvalue weighted by atomic mass is 9.75. The molecule has 1 atom stereocenters. The van der Waals surface area contributed by atoms with E-state index in [1.54, 1.807) is 0 Å². The highest BCUT2D eigenvalue weighted by Crippen LogP contribution is 2.37. The normalized spacial score (nSPS) is 19.1. The summed E-state index contributed by atoms with van der Waals surface area (Å²) in [7, 11) is 6.51. The molecule has 1 aromatic rings. The number of nitrogens with zero attached hydrogens (tertiary/aromatic N) is 3. The van der Waals surface area contributed by atoms with Gasteiger partial charge in [-0.3, -0.25) is 4.98 Å². The molecule has 0 bridgehead atoms. The van der Waals surface area contributed by atoms with E-state index in [0.717, 1.165) is 17.9 Å². The van der Waals surface area contributed by atoms with Gasteiger partial charge in [-0.15, -0.1) is 0 Å². The second kappa shape index (κ2) is 5.47. The van der Waals surface area contributed by atoms with Gasteiger partial charge < -0.3 is 15.5 Å². The molecule has 1 unspecified atom stereocenters. The highest BCUT2D eigenvalue weighted by Gasteiger charge is 2.39. The minimum absolute atomic E-state index is 0.000828. The zero-order valence-electron chi connectivity index (χ0n) is 12.6. The number of hydrogen-bond donors (Lipinski definition) is 1. The SMILES string of the molecule is CC(N)c1ccc(N(C)CC2(N(C)C)CCC2)cn1. The molecule has 0 aliphatic heterocycles. The van der Waals surface area contributed by atoms with Gasteiger partial charge in [-0.05, 0) is 52.4 Å². The van der Waals surface area contributed by atoms with E-state index in [2.05, 4.69) is 42.0 Å². The van der Waals surface area contributed by atoms with Crippen LogP contribution in [0.4, 0.5) is 5.69 Å². The Bertz CT molecular complexity index is 407. The van der Waals surface area contributed by atoms with Crippen molar-refractivity contribution in [3.8, 4) is 0 Å². The average molecular weight is 262 g/mol. The van der Waals surface area contributed by atoms with Crippen LogP contribution in [0.1, 0.15) is 37.9 Å². The van der Waals surface area contributed by atoms with Crippen LogP contribution in [0.2, 0.25) is 0 Å². The van der Waals surface area contributed by atoms with Crippen LogP contribution in [0.5, 0.6) is 0 Å². The number of hydrogen-bond acceptors (Lipinski definition) is 4. The second-order valence-corrected chi connectivity index (χ2v) is 6.06. The number of likely N-dealkylation sites (N-methyl/N-ethyl adjacent to an activating group) is 2. The fraction of sp³-hybridized carbons (Fsp3) is 0.667. The molecule has 4 nitrogen and oxygen atoms in total. The van der Waals surface area contributed by atoms with Crippen molar-refractivity contribution in [1.29, 1.82) is 0 Å². The predicted molar refractivity (Wildman–Crippen MR) is 80.4 cm³/mol. The van der Waals surface area contributed by atoms with Gasteiger partial charge in [-0.25, -0.2) is 0 Å². The summed E-state index contributed by atoms with van der Waals surface area (Å²) in [5.74, 6) is 0. The van der Waals surface area contributed by atoms with E-state index in [-0.39, 0.29) is 6.04 Å². The number of rotatable bonds is 5. The molecule has 0 radical (unpaired) electrons. The lowest BCUT2D eigenvalue weighted by molar-refractivity contribution is 0.0683. The van der Waals surface area contributed by atoms with Crippen molar-refractivity contribution >= 4 is 5.69 Å². The molecular weight excluding hydrogens is 236 g/mol. The largest absolute Gasteiger partial charge is 0.371 e. The van der Waals surface area contributed by atoms with Crippen LogP contribution in [0, 0.1) is 0 Å². The van der Waals surface area contributed by atoms with Gasteiger partial charge >= 0.3 is 0 Å². The molecule has 1 aliphatic rings. The fourth-order valence-electron chi connectivity index (χ4n) is 2.76. The van der Waals surface area contributed by atoms with Gasteiger partial charge in [-0.1, -0.05) is 0 Å². The Balaban J connectivity index is 2.05. The highest BCUT2D eigenvalue weighted by molar-refractivity contribution is 5.44. The van der Waals surface area contributed by atoms with E-state index in [4.69, 9.17) is 5.73 Å². The van der Waals surface area contributed by atoms with Gasteiger partial charge in [0.2, 0.25) is 0 Å². The minimum Gasteiger partial charge on any atom is -0.371 e. The van der Waals surface area contributed by atoms with Gasteiger partial charge in [0, 0.05) is 25.2 Å². The van der Waals surface area contributed by atoms with Crippen LogP contribution in [0.25, 0.3) is 0 Å². The molecule has 19 heavy (non-hydrogen) atoms. The summed E-state index contributed by atoms with van der Waals surface area (Å²) < 4.78 is 0. The maximum atomic E-state index is 5.83. The summed E-state index contributed by atoms with van der Waals surface area (Å²) in [4.78, 5) is 9.11. The van der Waals surface area contributed by atoms with Crippen LogP contribution in [0.3, 0.4) is 0 Å². The standard InChI is InChI=1S/C15H26N4/c1-12(16)14-7-6-13(10-17-14)19(4)11-15(18(2)3)8-5-9-15/h6-7,10,12H,5,8-9,11,16H2,1-4H3. The van der Waals surface area contributed by atoms with Gasteiger partial charge in [-0.2, -0.15) is 0 Å². The van der Waals surface area contributed by atoms with Gasteiger partial charge in [0.1, 0.15) is 0 Å². The van der Waals surface area contributed by atoms with Crippen molar-refractivity contribution in [2.75, 3.05) is 32.6 Å². The van der Waals surface area contributed by atoms with Crippen LogP contribution < -0.4 is 10.6 Å². The van der Waals surface area contributed by atoms with Crippen LogP contribution in [-0.2, 0) is 0 Å². The van der Waals surface area contributed by atoms with E-state index < -0.39 is 0 Å². The maximum absolute atomic E-state index is 5.83. The summed E-state index contributed by atoms with van der Waals surface area (Å²) in [6, 6.07) is 4.15. The van der Waals surface area contributed by atoms with Crippen molar-refractivity contribution in [1.82, 2.24) is 9.88 Å². The summed E-state index contributed by atoms with van der Waals surface area (Å²) >= 11 is 0. The van der Waals surface area contributed by atoms with Crippen molar-refractivity contribution in [3.05, 3.63) is 24.0 Å². The third-order valence-corrected chi connectivity index (χ3v) is 4.44. The van der Waals surface area contributed by atoms with E-state index in [0.29, 0.717) is 5.54 Å². The summed E-state index contributed by atoms with van der Waals surface area (Å²) in [6.45, 7) is 3.01. The first-order valence-corrected chi connectivity index (χ1v) is 7.05. The van der Waals surface area contributed by atoms with E-state index >= 15 is 0 Å². The molecule has 0 amide bonds. The molecule has 1 fully saturated rings. The Morgan fingerprint density at radius 2 is 2.00 bits per heavy atom. The Hall–Kier alpha value is -1.13. The smallest absolute Gasteiger partial charge is 0.0569 e. The fourth-order valence-corrected chi connectivity index (χ4v) is 2.76. The molecular formula is C15H26N4. The molecule has 0 aromatic carbocycles. The topological polar surface area (TPSA) is 45.4 Å². The van der Waals surface area contributed by atoms with Gasteiger partial charge in [0.05, 0.1) is 17.6 Å². The number of aromatic nitrogens is 1. The number of nitrogens with two attached hydrogens (primary N) is 1. The predicted octanol–water partition coefficient (Wildman–Crippen LogP) is 2.02. The minimum atomic E-state index is -0.000828. The van der Waals surface area contributed by atoms with Crippen molar-refractivity contribution in [2.24, 2.45) is 5.73 Å². The Morgan fingerprint density at radius 1 is 1.32 bits per heavy atom. The highest BCUT2D eigenvalue weighted by atomic mass is 15.2. The van der Waals surface area contributed by atoms with Gasteiger partial charge in [0.25, 0.3) is 0 Å². The molecule has 2 rings (SSSR count). The van der Waals surface area contributed by atoms with Gasteiger partial charge in [0.15, 0.2) is 0 Å². The third-order valence-electron chi connectivity index (χ3n) is 4.44. The molecule has 1 saturated carbocycles. The van der Waals surface area contributed by atoms with Crippen LogP contribution in [-0.4, -0.2) is 43.1 Å². The molecule has 4 heteroatoms. The van der Waals surface area contributed by atoms with E-state index in [1.807, 2.05) is 19.2 Å². The van der Waals surface area contributed by atoms with Crippen LogP contribution >= 0.6 is 0 Å². The Morgan fingerprint density at radius 3 is 2.37 bits per heavy atom. The molecule has 1 heterocycles. The molecule has 1 aliphatic carbocycles. The quantitative estimate of drug-likeness (QED) is 0.882. The molecule has 0 saturated heterocycles.